The quantitative estimate of drug-likeness (QED) is 0.203. The van der Waals surface area contributed by atoms with Gasteiger partial charge in [0.05, 0.1) is 29.2 Å². The fourth-order valence-corrected chi connectivity index (χ4v) is 10.4. The number of carbonyl (C=O) groups is 11. The van der Waals surface area contributed by atoms with Crippen molar-refractivity contribution < 1.29 is 79.1 Å². The third kappa shape index (κ3) is 21.8. The smallest absolute Gasteiger partial charge is 0.343 e. The SMILES string of the molecule is CC[C@H](C)[C@@H]1NC(=O)[C@H](C)N(C)C(=O)C[C@@H](C)N(C)C(=O)[C@H](CC(C)C)NC(=O)C(C)(C)N(C)C(=O)[C@H](CC(C)C)NC(=O)[C@H](CCc2ccc(C(F)(F)F)c(Cl)c2)NC(=O)[C@@H](C)N(C)C(=O)[C@H](Cc2ccc(C(F)(F)F)cc2)N(C)C(=O)CN(C)C(=O)CN(C)C1=O. The Morgan fingerprint density at radius 2 is 1.06 bits per heavy atom. The minimum atomic E-state index is -4.81. The summed E-state index contributed by atoms with van der Waals surface area (Å²) in [5.41, 5.74) is -3.57. The molecule has 4 N–H and O–H groups in total. The average molecular weight is 1340 g/mol. The summed E-state index contributed by atoms with van der Waals surface area (Å²) in [5.74, 6) is -9.77. The molecule has 1 aliphatic heterocycles. The van der Waals surface area contributed by atoms with E-state index in [1.165, 1.54) is 81.9 Å². The molecule has 2 aromatic rings. The molecular weight excluding hydrogens is 1250 g/mol. The van der Waals surface area contributed by atoms with Crippen molar-refractivity contribution in [3.8, 4) is 0 Å². The second kappa shape index (κ2) is 33.5. The molecule has 520 valence electrons. The molecule has 93 heavy (non-hydrogen) atoms. The first-order chi connectivity index (χ1) is 42.8. The van der Waals surface area contributed by atoms with E-state index in [1.54, 1.807) is 34.6 Å². The van der Waals surface area contributed by atoms with Crippen molar-refractivity contribution in [3.05, 3.63) is 69.7 Å². The molecule has 1 aliphatic rings. The van der Waals surface area contributed by atoms with Gasteiger partial charge in [-0.05, 0) is 113 Å². The topological polar surface area (TPSA) is 259 Å². The van der Waals surface area contributed by atoms with Crippen molar-refractivity contribution in [3.63, 3.8) is 0 Å². The first-order valence-electron chi connectivity index (χ1n) is 30.8. The molecule has 0 unspecified atom stereocenters. The molecule has 2 aromatic carbocycles. The molecular formula is C64H94ClF6N11O11. The van der Waals surface area contributed by atoms with Crippen LogP contribution < -0.4 is 21.3 Å². The van der Waals surface area contributed by atoms with Crippen molar-refractivity contribution in [2.75, 3.05) is 62.4 Å². The van der Waals surface area contributed by atoms with Crippen LogP contribution >= 0.6 is 11.6 Å². The molecule has 3 rings (SSSR count). The van der Waals surface area contributed by atoms with Crippen LogP contribution in [0, 0.1) is 17.8 Å². The zero-order chi connectivity index (χ0) is 71.3. The minimum absolute atomic E-state index is 0.0459. The monoisotopic (exact) mass is 1340 g/mol. The highest BCUT2D eigenvalue weighted by atomic mass is 35.5. The highest BCUT2D eigenvalue weighted by Gasteiger charge is 2.43. The molecule has 11 amide bonds. The number of nitrogens with one attached hydrogen (secondary N) is 4. The molecule has 29 heteroatoms. The molecule has 1 heterocycles. The number of hydrogen-bond donors (Lipinski definition) is 4. The van der Waals surface area contributed by atoms with Crippen LogP contribution in [0.3, 0.4) is 0 Å². The van der Waals surface area contributed by atoms with Crippen LogP contribution in [0.2, 0.25) is 5.02 Å². The summed E-state index contributed by atoms with van der Waals surface area (Å²) in [7, 11) is 9.04. The second-order valence-electron chi connectivity index (χ2n) is 25.8. The van der Waals surface area contributed by atoms with Crippen molar-refractivity contribution in [2.45, 2.75) is 187 Å². The van der Waals surface area contributed by atoms with Crippen molar-refractivity contribution >= 4 is 76.6 Å². The van der Waals surface area contributed by atoms with Gasteiger partial charge in [0.15, 0.2) is 0 Å². The van der Waals surface area contributed by atoms with Gasteiger partial charge >= 0.3 is 12.4 Å². The maximum atomic E-state index is 14.8. The number of halogens is 7. The Balaban J connectivity index is 2.26. The van der Waals surface area contributed by atoms with Gasteiger partial charge in [0, 0.05) is 68.2 Å². The fourth-order valence-electron chi connectivity index (χ4n) is 10.1. The maximum absolute atomic E-state index is 14.8. The van der Waals surface area contributed by atoms with Crippen molar-refractivity contribution in [2.24, 2.45) is 17.8 Å². The van der Waals surface area contributed by atoms with Gasteiger partial charge in [0.25, 0.3) is 0 Å². The number of likely N-dealkylation sites (N-methyl/N-ethyl adjacent to an activating group) is 7. The van der Waals surface area contributed by atoms with Crippen LogP contribution in [0.1, 0.15) is 131 Å². The van der Waals surface area contributed by atoms with E-state index in [-0.39, 0.29) is 55.1 Å². The highest BCUT2D eigenvalue weighted by molar-refractivity contribution is 6.31. The number of amides is 11. The Kier molecular flexibility index (Phi) is 28.8. The lowest BCUT2D eigenvalue weighted by molar-refractivity contribution is -0.149. The Hall–Kier alpha value is -7.52. The van der Waals surface area contributed by atoms with Gasteiger partial charge < -0.3 is 55.6 Å². The lowest BCUT2D eigenvalue weighted by atomic mass is 9.95. The van der Waals surface area contributed by atoms with Gasteiger partial charge in [0.2, 0.25) is 65.0 Å². The van der Waals surface area contributed by atoms with Gasteiger partial charge in [0.1, 0.15) is 47.8 Å². The summed E-state index contributed by atoms with van der Waals surface area (Å²) in [6.07, 6.45) is -10.4. The van der Waals surface area contributed by atoms with Crippen molar-refractivity contribution in [1.29, 1.82) is 0 Å². The van der Waals surface area contributed by atoms with Gasteiger partial charge in [-0.15, -0.1) is 0 Å². The summed E-state index contributed by atoms with van der Waals surface area (Å²) >= 11 is 6.07. The normalized spacial score (nSPS) is 24.3. The van der Waals surface area contributed by atoms with Crippen LogP contribution in [-0.4, -0.2) is 216 Å². The number of carbonyl (C=O) groups excluding carboxylic acids is 11. The molecule has 9 atom stereocenters. The number of rotatable bonds is 11. The Morgan fingerprint density at radius 1 is 0.559 bits per heavy atom. The molecule has 0 aromatic heterocycles. The molecule has 0 saturated carbocycles. The summed E-state index contributed by atoms with van der Waals surface area (Å²) in [4.78, 5) is 165. The first kappa shape index (κ1) is 79.7. The molecule has 1 saturated heterocycles. The van der Waals surface area contributed by atoms with Gasteiger partial charge in [-0.3, -0.25) is 52.7 Å². The number of aryl methyl sites for hydroxylation is 1. The van der Waals surface area contributed by atoms with Crippen LogP contribution in [-0.2, 0) is 77.9 Å². The lowest BCUT2D eigenvalue weighted by Crippen LogP contribution is -2.63. The third-order valence-electron chi connectivity index (χ3n) is 17.4. The predicted octanol–water partition coefficient (Wildman–Crippen LogP) is 5.56. The summed E-state index contributed by atoms with van der Waals surface area (Å²) in [6, 6.07) is -3.93. The fraction of sp³-hybridized carbons (Fsp3) is 0.641. The molecule has 22 nitrogen and oxygen atoms in total. The van der Waals surface area contributed by atoms with Crippen LogP contribution in [0.4, 0.5) is 26.3 Å². The van der Waals surface area contributed by atoms with E-state index in [1.807, 2.05) is 13.8 Å². The zero-order valence-electron chi connectivity index (χ0n) is 56.5. The summed E-state index contributed by atoms with van der Waals surface area (Å²) < 4.78 is 82.4. The van der Waals surface area contributed by atoms with Crippen molar-refractivity contribution in [1.82, 2.24) is 55.6 Å². The lowest BCUT2D eigenvalue weighted by Gasteiger charge is -2.39. The third-order valence-corrected chi connectivity index (χ3v) is 17.7. The van der Waals surface area contributed by atoms with Gasteiger partial charge in [-0.1, -0.05) is 77.8 Å². The standard InChI is InChI=1S/C64H94ClF6N11O11/c1-19-37(6)53-60(92)77(13)33-51(84)76(12)34-52(85)81(17)49(32-42-20-24-43(25-21-42)63(66,67)68)59(91)80(16)40(9)54(86)72-46(27-23-41-22-26-44(45(65)31-41)64(69,70)71)56(88)73-48(29-36(4)5)58(90)82(18)62(10,11)61(93)74-47(28-35(2)3)57(89)78(14)38(7)30-50(83)79(15)39(8)55(87)75-53/h20-22,24-26,31,35-40,46-49,53H,19,23,27-30,32-34H2,1-18H3,(H,72,86)(H,73,88)(H,74,93)(H,75,87)/t37-,38+,39-,40+,46-,47-,48-,49-,53-/m0/s1. The molecule has 0 aliphatic carbocycles. The van der Waals surface area contributed by atoms with Gasteiger partial charge in [-0.25, -0.2) is 0 Å². The highest BCUT2D eigenvalue weighted by Crippen LogP contribution is 2.35. The van der Waals surface area contributed by atoms with E-state index in [9.17, 15) is 79.1 Å². The average Bonchev–Trinajstić information content (AvgIpc) is 2.41. The van der Waals surface area contributed by atoms with E-state index in [0.717, 1.165) is 71.9 Å². The van der Waals surface area contributed by atoms with E-state index < -0.39 is 173 Å². The van der Waals surface area contributed by atoms with E-state index in [0.29, 0.717) is 6.42 Å². The van der Waals surface area contributed by atoms with E-state index >= 15 is 0 Å². The zero-order valence-corrected chi connectivity index (χ0v) is 57.3. The van der Waals surface area contributed by atoms with E-state index in [2.05, 4.69) is 21.3 Å². The molecule has 0 spiro atoms. The molecule has 0 radical (unpaired) electrons. The van der Waals surface area contributed by atoms with Gasteiger partial charge in [-0.2, -0.15) is 26.3 Å². The second-order valence-corrected chi connectivity index (χ2v) is 26.2. The Labute approximate surface area is 546 Å². The predicted molar refractivity (Wildman–Crippen MR) is 336 cm³/mol. The Morgan fingerprint density at radius 3 is 1.58 bits per heavy atom. The molecule has 0 bridgehead atoms. The number of benzene rings is 2. The van der Waals surface area contributed by atoms with Crippen LogP contribution in [0.25, 0.3) is 0 Å². The first-order valence-corrected chi connectivity index (χ1v) is 31.2. The number of hydrogen-bond acceptors (Lipinski definition) is 11. The Bertz CT molecular complexity index is 3020. The summed E-state index contributed by atoms with van der Waals surface area (Å²) in [5, 5.41) is 10.1. The number of alkyl halides is 6. The van der Waals surface area contributed by atoms with E-state index in [4.69, 9.17) is 11.6 Å². The van der Waals surface area contributed by atoms with Crippen LogP contribution in [0.5, 0.6) is 0 Å². The maximum Gasteiger partial charge on any atom is 0.417 e. The number of nitrogens with zero attached hydrogens (tertiary/aromatic N) is 7. The summed E-state index contributed by atoms with van der Waals surface area (Å²) in [6.45, 7) is 16.4. The van der Waals surface area contributed by atoms with Crippen LogP contribution in [0.15, 0.2) is 42.5 Å². The largest absolute Gasteiger partial charge is 0.417 e. The minimum Gasteiger partial charge on any atom is -0.343 e. The molecule has 1 fully saturated rings.